The van der Waals surface area contributed by atoms with Crippen LogP contribution in [0.5, 0.6) is 5.75 Å². The minimum atomic E-state index is -0.214. The third-order valence-corrected chi connectivity index (χ3v) is 4.24. The summed E-state index contributed by atoms with van der Waals surface area (Å²) in [5.41, 5.74) is 1.54. The standard InChI is InChI=1S/C18H20N2O3S/c1-20(2)18(22)14-11-12(9-10-15(14)23-3)19-17(21)13-7-5-6-8-16(13)24-4/h5-11H,1-4H3,(H,19,21). The molecule has 0 bridgehead atoms. The molecule has 0 radical (unpaired) electrons. The summed E-state index contributed by atoms with van der Waals surface area (Å²) in [4.78, 5) is 27.1. The highest BCUT2D eigenvalue weighted by Gasteiger charge is 2.17. The van der Waals surface area contributed by atoms with Crippen LogP contribution >= 0.6 is 11.8 Å². The number of anilines is 1. The van der Waals surface area contributed by atoms with Crippen LogP contribution < -0.4 is 10.1 Å². The van der Waals surface area contributed by atoms with E-state index in [0.717, 1.165) is 4.90 Å². The van der Waals surface area contributed by atoms with Crippen molar-refractivity contribution in [1.29, 1.82) is 0 Å². The van der Waals surface area contributed by atoms with Gasteiger partial charge in [0.25, 0.3) is 11.8 Å². The Bertz CT molecular complexity index is 760. The molecule has 2 rings (SSSR count). The Hall–Kier alpha value is -2.47. The van der Waals surface area contributed by atoms with Gasteiger partial charge >= 0.3 is 0 Å². The minimum Gasteiger partial charge on any atom is -0.496 e. The Kier molecular flexibility index (Phi) is 5.87. The van der Waals surface area contributed by atoms with E-state index in [2.05, 4.69) is 5.32 Å². The lowest BCUT2D eigenvalue weighted by molar-refractivity contribution is 0.0824. The molecule has 5 nitrogen and oxygen atoms in total. The zero-order valence-corrected chi connectivity index (χ0v) is 14.9. The molecule has 1 N–H and O–H groups in total. The van der Waals surface area contributed by atoms with Gasteiger partial charge in [-0.15, -0.1) is 11.8 Å². The summed E-state index contributed by atoms with van der Waals surface area (Å²) in [7, 11) is 4.85. The molecule has 0 saturated heterocycles. The lowest BCUT2D eigenvalue weighted by Crippen LogP contribution is -2.22. The quantitative estimate of drug-likeness (QED) is 0.845. The molecule has 2 amide bonds. The third-order valence-electron chi connectivity index (χ3n) is 3.45. The van der Waals surface area contributed by atoms with E-state index in [0.29, 0.717) is 22.6 Å². The first-order valence-electron chi connectivity index (χ1n) is 7.32. The van der Waals surface area contributed by atoms with Gasteiger partial charge in [0.1, 0.15) is 5.75 Å². The number of benzene rings is 2. The molecule has 0 aliphatic carbocycles. The first-order valence-corrected chi connectivity index (χ1v) is 8.54. The molecular formula is C18H20N2O3S. The lowest BCUT2D eigenvalue weighted by atomic mass is 10.1. The molecule has 6 heteroatoms. The summed E-state index contributed by atoms with van der Waals surface area (Å²) in [5, 5.41) is 2.84. The van der Waals surface area contributed by atoms with Crippen LogP contribution in [0.1, 0.15) is 20.7 Å². The number of thioether (sulfide) groups is 1. The van der Waals surface area contributed by atoms with Crippen LogP contribution in [0.3, 0.4) is 0 Å². The van der Waals surface area contributed by atoms with Crippen molar-refractivity contribution in [3.63, 3.8) is 0 Å². The number of rotatable bonds is 5. The summed E-state index contributed by atoms with van der Waals surface area (Å²) < 4.78 is 5.23. The largest absolute Gasteiger partial charge is 0.496 e. The summed E-state index contributed by atoms with van der Waals surface area (Å²) >= 11 is 1.51. The second kappa shape index (κ2) is 7.88. The lowest BCUT2D eigenvalue weighted by Gasteiger charge is -2.15. The molecule has 0 heterocycles. The smallest absolute Gasteiger partial charge is 0.257 e. The van der Waals surface area contributed by atoms with Gasteiger partial charge < -0.3 is 15.0 Å². The Balaban J connectivity index is 2.31. The first-order chi connectivity index (χ1) is 11.5. The van der Waals surface area contributed by atoms with Crippen molar-refractivity contribution in [2.45, 2.75) is 4.90 Å². The Morgan fingerprint density at radius 2 is 1.79 bits per heavy atom. The number of amides is 2. The van der Waals surface area contributed by atoms with E-state index in [1.54, 1.807) is 38.4 Å². The fraction of sp³-hybridized carbons (Fsp3) is 0.222. The second-order valence-electron chi connectivity index (χ2n) is 5.27. The predicted molar refractivity (Wildman–Crippen MR) is 97.2 cm³/mol. The van der Waals surface area contributed by atoms with Crippen molar-refractivity contribution in [3.05, 3.63) is 53.6 Å². The summed E-state index contributed by atoms with van der Waals surface area (Å²) in [6, 6.07) is 12.4. The summed E-state index contributed by atoms with van der Waals surface area (Å²) in [6.07, 6.45) is 1.92. The number of carbonyl (C=O) groups is 2. The number of nitrogens with one attached hydrogen (secondary N) is 1. The van der Waals surface area contributed by atoms with Crippen molar-refractivity contribution in [3.8, 4) is 5.75 Å². The molecule has 2 aromatic carbocycles. The summed E-state index contributed by atoms with van der Waals surface area (Å²) in [6.45, 7) is 0. The molecule has 0 aliphatic rings. The number of hydrogen-bond donors (Lipinski definition) is 1. The van der Waals surface area contributed by atoms with E-state index in [4.69, 9.17) is 4.74 Å². The monoisotopic (exact) mass is 344 g/mol. The van der Waals surface area contributed by atoms with Crippen LogP contribution in [0.2, 0.25) is 0 Å². The molecule has 126 valence electrons. The van der Waals surface area contributed by atoms with Crippen LogP contribution in [0.4, 0.5) is 5.69 Å². The number of methoxy groups -OCH3 is 1. The van der Waals surface area contributed by atoms with Gasteiger partial charge in [0.2, 0.25) is 0 Å². The Morgan fingerprint density at radius 1 is 1.08 bits per heavy atom. The van der Waals surface area contributed by atoms with E-state index < -0.39 is 0 Å². The minimum absolute atomic E-state index is 0.188. The van der Waals surface area contributed by atoms with Gasteiger partial charge in [0.05, 0.1) is 18.2 Å². The van der Waals surface area contributed by atoms with Gasteiger partial charge in [0, 0.05) is 24.7 Å². The number of nitrogens with zero attached hydrogens (tertiary/aromatic N) is 1. The molecule has 0 fully saturated rings. The molecule has 24 heavy (non-hydrogen) atoms. The summed E-state index contributed by atoms with van der Waals surface area (Å²) in [5.74, 6) is 0.0667. The average Bonchev–Trinajstić information content (AvgIpc) is 2.60. The number of ether oxygens (including phenoxy) is 1. The van der Waals surface area contributed by atoms with Crippen LogP contribution in [-0.4, -0.2) is 44.2 Å². The van der Waals surface area contributed by atoms with E-state index in [9.17, 15) is 9.59 Å². The van der Waals surface area contributed by atoms with Crippen molar-refractivity contribution in [1.82, 2.24) is 4.90 Å². The zero-order chi connectivity index (χ0) is 17.7. The van der Waals surface area contributed by atoms with Gasteiger partial charge in [-0.05, 0) is 36.6 Å². The second-order valence-corrected chi connectivity index (χ2v) is 6.12. The predicted octanol–water partition coefficient (Wildman–Crippen LogP) is 3.37. The zero-order valence-electron chi connectivity index (χ0n) is 14.1. The third kappa shape index (κ3) is 3.89. The fourth-order valence-electron chi connectivity index (χ4n) is 2.22. The topological polar surface area (TPSA) is 58.6 Å². The first kappa shape index (κ1) is 17.9. The van der Waals surface area contributed by atoms with Gasteiger partial charge in [-0.1, -0.05) is 12.1 Å². The van der Waals surface area contributed by atoms with Crippen molar-refractivity contribution >= 4 is 29.3 Å². The van der Waals surface area contributed by atoms with Gasteiger partial charge in [-0.3, -0.25) is 9.59 Å². The number of carbonyl (C=O) groups excluding carboxylic acids is 2. The SMILES string of the molecule is COc1ccc(NC(=O)c2ccccc2SC)cc1C(=O)N(C)C. The highest BCUT2D eigenvalue weighted by molar-refractivity contribution is 7.98. The van der Waals surface area contributed by atoms with E-state index in [1.807, 2.05) is 24.5 Å². The van der Waals surface area contributed by atoms with Crippen LogP contribution in [0.15, 0.2) is 47.4 Å². The van der Waals surface area contributed by atoms with E-state index in [-0.39, 0.29) is 11.8 Å². The molecule has 0 aliphatic heterocycles. The molecule has 0 unspecified atom stereocenters. The average molecular weight is 344 g/mol. The van der Waals surface area contributed by atoms with Gasteiger partial charge in [-0.25, -0.2) is 0 Å². The van der Waals surface area contributed by atoms with Crippen molar-refractivity contribution < 1.29 is 14.3 Å². The maximum absolute atomic E-state index is 12.5. The maximum atomic E-state index is 12.5. The molecular weight excluding hydrogens is 324 g/mol. The van der Waals surface area contributed by atoms with E-state index >= 15 is 0 Å². The maximum Gasteiger partial charge on any atom is 0.257 e. The molecule has 0 atom stereocenters. The van der Waals surface area contributed by atoms with Gasteiger partial charge in [0.15, 0.2) is 0 Å². The van der Waals surface area contributed by atoms with E-state index in [1.165, 1.54) is 23.8 Å². The number of hydrogen-bond acceptors (Lipinski definition) is 4. The Labute approximate surface area is 146 Å². The molecule has 0 aromatic heterocycles. The van der Waals surface area contributed by atoms with Crippen LogP contribution in [-0.2, 0) is 0 Å². The normalized spacial score (nSPS) is 10.2. The van der Waals surface area contributed by atoms with Crippen molar-refractivity contribution in [2.75, 3.05) is 32.8 Å². The van der Waals surface area contributed by atoms with Crippen LogP contribution in [0.25, 0.3) is 0 Å². The van der Waals surface area contributed by atoms with Crippen LogP contribution in [0, 0.1) is 0 Å². The fourth-order valence-corrected chi connectivity index (χ4v) is 2.82. The highest BCUT2D eigenvalue weighted by Crippen LogP contribution is 2.25. The molecule has 0 saturated carbocycles. The van der Waals surface area contributed by atoms with Gasteiger partial charge in [-0.2, -0.15) is 0 Å². The van der Waals surface area contributed by atoms with Crippen molar-refractivity contribution in [2.24, 2.45) is 0 Å². The highest BCUT2D eigenvalue weighted by atomic mass is 32.2. The molecule has 2 aromatic rings. The Morgan fingerprint density at radius 3 is 2.42 bits per heavy atom. The molecule has 0 spiro atoms.